The molecule has 2 rings (SSSR count). The van der Waals surface area contributed by atoms with E-state index in [1.54, 1.807) is 13.3 Å². The Morgan fingerprint density at radius 3 is 2.71 bits per heavy atom. The Morgan fingerprint density at radius 2 is 2.05 bits per heavy atom. The molecule has 1 aliphatic heterocycles. The highest BCUT2D eigenvalue weighted by atomic mass is 16.5. The van der Waals surface area contributed by atoms with Crippen molar-refractivity contribution in [2.75, 3.05) is 51.4 Å². The third-order valence-electron chi connectivity index (χ3n) is 3.53. The number of carbonyl (C=O) groups is 1. The summed E-state index contributed by atoms with van der Waals surface area (Å²) in [5.74, 6) is 1.83. The number of hydrogen-bond donors (Lipinski definition) is 0. The number of rotatable bonds is 6. The molecule has 1 fully saturated rings. The van der Waals surface area contributed by atoms with Gasteiger partial charge in [-0.25, -0.2) is 4.98 Å². The number of anilines is 1. The Labute approximate surface area is 125 Å². The fraction of sp³-hybridized carbons (Fsp3) is 0.600. The van der Waals surface area contributed by atoms with Gasteiger partial charge in [0.1, 0.15) is 6.61 Å². The van der Waals surface area contributed by atoms with E-state index in [1.807, 2.05) is 24.0 Å². The van der Waals surface area contributed by atoms with Gasteiger partial charge in [-0.1, -0.05) is 6.92 Å². The zero-order valence-electron chi connectivity index (χ0n) is 12.7. The average molecular weight is 293 g/mol. The minimum absolute atomic E-state index is 0.215. The molecule has 1 amide bonds. The summed E-state index contributed by atoms with van der Waals surface area (Å²) < 4.78 is 10.7. The molecule has 0 radical (unpaired) electrons. The summed E-state index contributed by atoms with van der Waals surface area (Å²) in [5.41, 5.74) is 0. The molecule has 6 heteroatoms. The van der Waals surface area contributed by atoms with Crippen LogP contribution in [0, 0.1) is 0 Å². The molecule has 1 aromatic rings. The molecule has 1 aliphatic rings. The second-order valence-corrected chi connectivity index (χ2v) is 4.89. The lowest BCUT2D eigenvalue weighted by Gasteiger charge is -2.35. The third kappa shape index (κ3) is 4.07. The normalized spacial score (nSPS) is 15.1. The maximum absolute atomic E-state index is 11.7. The lowest BCUT2D eigenvalue weighted by molar-refractivity contribution is -0.131. The van der Waals surface area contributed by atoms with Crippen molar-refractivity contribution in [1.29, 1.82) is 0 Å². The predicted octanol–water partition coefficient (Wildman–Crippen LogP) is 1.17. The maximum atomic E-state index is 11.7. The highest BCUT2D eigenvalue weighted by molar-refractivity contribution is 5.76. The standard InChI is InChI=1S/C15H23N3O3/c1-3-14(19)17-7-9-18(10-8-17)15-13(5-4-6-16-15)21-12-11-20-2/h4-6H,3,7-12H2,1-2H3. The van der Waals surface area contributed by atoms with E-state index >= 15 is 0 Å². The molecule has 0 aromatic carbocycles. The zero-order valence-corrected chi connectivity index (χ0v) is 12.7. The fourth-order valence-electron chi connectivity index (χ4n) is 2.36. The number of ether oxygens (including phenoxy) is 2. The van der Waals surface area contributed by atoms with Crippen LogP contribution in [0.4, 0.5) is 5.82 Å². The van der Waals surface area contributed by atoms with E-state index in [0.29, 0.717) is 19.6 Å². The molecule has 1 saturated heterocycles. The van der Waals surface area contributed by atoms with E-state index in [0.717, 1.165) is 37.7 Å². The molecule has 6 nitrogen and oxygen atoms in total. The van der Waals surface area contributed by atoms with Crippen LogP contribution in [0.2, 0.25) is 0 Å². The van der Waals surface area contributed by atoms with E-state index in [4.69, 9.17) is 9.47 Å². The molecule has 0 bridgehead atoms. The Morgan fingerprint density at radius 1 is 1.29 bits per heavy atom. The first kappa shape index (κ1) is 15.6. The first-order valence-electron chi connectivity index (χ1n) is 7.35. The van der Waals surface area contributed by atoms with E-state index in [-0.39, 0.29) is 5.91 Å². The second kappa shape index (κ2) is 7.83. The molecule has 1 aromatic heterocycles. The van der Waals surface area contributed by atoms with E-state index in [1.165, 1.54) is 0 Å². The van der Waals surface area contributed by atoms with E-state index in [9.17, 15) is 4.79 Å². The molecule has 0 N–H and O–H groups in total. The molecule has 2 heterocycles. The molecular weight excluding hydrogens is 270 g/mol. The van der Waals surface area contributed by atoms with Gasteiger partial charge in [-0.2, -0.15) is 0 Å². The molecule has 0 aliphatic carbocycles. The summed E-state index contributed by atoms with van der Waals surface area (Å²) in [7, 11) is 1.65. The van der Waals surface area contributed by atoms with Crippen LogP contribution in [0.15, 0.2) is 18.3 Å². The maximum Gasteiger partial charge on any atom is 0.222 e. The van der Waals surface area contributed by atoms with Crippen molar-refractivity contribution in [3.05, 3.63) is 18.3 Å². The fourth-order valence-corrected chi connectivity index (χ4v) is 2.36. The van der Waals surface area contributed by atoms with Crippen molar-refractivity contribution in [3.63, 3.8) is 0 Å². The molecular formula is C15H23N3O3. The summed E-state index contributed by atoms with van der Waals surface area (Å²) in [6.07, 6.45) is 2.33. The molecule has 0 saturated carbocycles. The number of methoxy groups -OCH3 is 1. The molecule has 116 valence electrons. The van der Waals surface area contributed by atoms with Gasteiger partial charge in [0.15, 0.2) is 11.6 Å². The van der Waals surface area contributed by atoms with Gasteiger partial charge in [0.2, 0.25) is 5.91 Å². The van der Waals surface area contributed by atoms with Gasteiger partial charge in [-0.05, 0) is 12.1 Å². The Balaban J connectivity index is 1.98. The van der Waals surface area contributed by atoms with E-state index in [2.05, 4.69) is 9.88 Å². The Kier molecular flexibility index (Phi) is 5.80. The number of carbonyl (C=O) groups excluding carboxylic acids is 1. The highest BCUT2D eigenvalue weighted by Gasteiger charge is 2.22. The minimum Gasteiger partial charge on any atom is -0.487 e. The highest BCUT2D eigenvalue weighted by Crippen LogP contribution is 2.26. The van der Waals surface area contributed by atoms with Crippen molar-refractivity contribution in [1.82, 2.24) is 9.88 Å². The summed E-state index contributed by atoms with van der Waals surface area (Å²) in [6.45, 7) is 5.99. The monoisotopic (exact) mass is 293 g/mol. The van der Waals surface area contributed by atoms with Crippen LogP contribution < -0.4 is 9.64 Å². The molecule has 0 unspecified atom stereocenters. The van der Waals surface area contributed by atoms with Crippen LogP contribution in [0.3, 0.4) is 0 Å². The second-order valence-electron chi connectivity index (χ2n) is 4.89. The van der Waals surface area contributed by atoms with Crippen molar-refractivity contribution >= 4 is 11.7 Å². The van der Waals surface area contributed by atoms with E-state index < -0.39 is 0 Å². The Bertz CT molecular complexity index is 459. The summed E-state index contributed by atoms with van der Waals surface area (Å²) >= 11 is 0. The number of aromatic nitrogens is 1. The first-order chi connectivity index (χ1) is 10.3. The quantitative estimate of drug-likeness (QED) is 0.737. The van der Waals surface area contributed by atoms with Gasteiger partial charge in [0, 0.05) is 45.9 Å². The van der Waals surface area contributed by atoms with Crippen LogP contribution in [-0.2, 0) is 9.53 Å². The number of nitrogens with zero attached hydrogens (tertiary/aromatic N) is 3. The van der Waals surface area contributed by atoms with Crippen LogP contribution in [-0.4, -0.2) is 62.3 Å². The summed E-state index contributed by atoms with van der Waals surface area (Å²) in [5, 5.41) is 0. The van der Waals surface area contributed by atoms with Crippen molar-refractivity contribution in [2.24, 2.45) is 0 Å². The van der Waals surface area contributed by atoms with Gasteiger partial charge >= 0.3 is 0 Å². The molecule has 0 atom stereocenters. The lowest BCUT2D eigenvalue weighted by Crippen LogP contribution is -2.49. The first-order valence-corrected chi connectivity index (χ1v) is 7.35. The lowest BCUT2D eigenvalue weighted by atomic mass is 10.2. The molecule has 0 spiro atoms. The van der Waals surface area contributed by atoms with Crippen molar-refractivity contribution in [2.45, 2.75) is 13.3 Å². The summed E-state index contributed by atoms with van der Waals surface area (Å²) in [6, 6.07) is 3.78. The van der Waals surface area contributed by atoms with Gasteiger partial charge in [0.05, 0.1) is 6.61 Å². The zero-order chi connectivity index (χ0) is 15.1. The van der Waals surface area contributed by atoms with Crippen LogP contribution in [0.25, 0.3) is 0 Å². The topological polar surface area (TPSA) is 54.9 Å². The Hall–Kier alpha value is -1.82. The third-order valence-corrected chi connectivity index (χ3v) is 3.53. The summed E-state index contributed by atoms with van der Waals surface area (Å²) in [4.78, 5) is 20.2. The van der Waals surface area contributed by atoms with Crippen LogP contribution >= 0.6 is 0 Å². The number of amides is 1. The molecule has 21 heavy (non-hydrogen) atoms. The van der Waals surface area contributed by atoms with Gasteiger partial charge in [-0.15, -0.1) is 0 Å². The van der Waals surface area contributed by atoms with Crippen molar-refractivity contribution < 1.29 is 14.3 Å². The largest absolute Gasteiger partial charge is 0.487 e. The smallest absolute Gasteiger partial charge is 0.222 e. The van der Waals surface area contributed by atoms with Crippen molar-refractivity contribution in [3.8, 4) is 5.75 Å². The van der Waals surface area contributed by atoms with Gasteiger partial charge in [0.25, 0.3) is 0 Å². The minimum atomic E-state index is 0.215. The predicted molar refractivity (Wildman–Crippen MR) is 80.7 cm³/mol. The van der Waals surface area contributed by atoms with Gasteiger partial charge < -0.3 is 19.3 Å². The van der Waals surface area contributed by atoms with Crippen LogP contribution in [0.1, 0.15) is 13.3 Å². The number of piperazine rings is 1. The number of hydrogen-bond acceptors (Lipinski definition) is 5. The average Bonchev–Trinajstić information content (AvgIpc) is 2.55. The van der Waals surface area contributed by atoms with Gasteiger partial charge in [-0.3, -0.25) is 4.79 Å². The van der Waals surface area contributed by atoms with Crippen LogP contribution in [0.5, 0.6) is 5.75 Å². The number of pyridine rings is 1. The SMILES string of the molecule is CCC(=O)N1CCN(c2ncccc2OCCOC)CC1.